The number of carbonyl (C=O) groups excluding carboxylic acids is 2. The van der Waals surface area contributed by atoms with Gasteiger partial charge in [-0.1, -0.05) is 19.1 Å². The highest BCUT2D eigenvalue weighted by molar-refractivity contribution is 5.87. The maximum Gasteiger partial charge on any atom is 0.335 e. The van der Waals surface area contributed by atoms with Crippen LogP contribution >= 0.6 is 0 Å². The molecule has 130 valence electrons. The number of likely N-dealkylation sites (tertiary alicyclic amines) is 1. The molecule has 0 radical (unpaired) electrons. The molecule has 0 aromatic heterocycles. The molecule has 1 aromatic carbocycles. The van der Waals surface area contributed by atoms with Crippen molar-refractivity contribution in [3.8, 4) is 0 Å². The van der Waals surface area contributed by atoms with Crippen LogP contribution in [0.15, 0.2) is 24.3 Å². The van der Waals surface area contributed by atoms with Gasteiger partial charge in [-0.3, -0.25) is 9.59 Å². The lowest BCUT2D eigenvalue weighted by Gasteiger charge is -2.33. The fourth-order valence-electron chi connectivity index (χ4n) is 2.90. The van der Waals surface area contributed by atoms with Gasteiger partial charge in [-0.15, -0.1) is 0 Å². The zero-order valence-electron chi connectivity index (χ0n) is 14.0. The summed E-state index contributed by atoms with van der Waals surface area (Å²) in [6.07, 6.45) is 3.34. The Balaban J connectivity index is 1.89. The molecular weight excluding hydrogens is 308 g/mol. The van der Waals surface area contributed by atoms with Gasteiger partial charge in [0.1, 0.15) is 0 Å². The van der Waals surface area contributed by atoms with Crippen molar-refractivity contribution in [3.63, 3.8) is 0 Å². The molecule has 1 fully saturated rings. The van der Waals surface area contributed by atoms with Gasteiger partial charge in [-0.05, 0) is 37.0 Å². The van der Waals surface area contributed by atoms with Crippen LogP contribution in [0.3, 0.4) is 0 Å². The SMILES string of the molecule is CCCC(=O)NC1CCCN(C(=O)Cc2ccc(C(=O)O)cc2)C1. The Morgan fingerprint density at radius 3 is 2.58 bits per heavy atom. The molecule has 0 saturated carbocycles. The molecule has 0 spiro atoms. The molecule has 2 rings (SSSR count). The number of benzene rings is 1. The third-order valence-electron chi connectivity index (χ3n) is 4.17. The lowest BCUT2D eigenvalue weighted by atomic mass is 10.0. The van der Waals surface area contributed by atoms with E-state index in [1.54, 1.807) is 17.0 Å². The summed E-state index contributed by atoms with van der Waals surface area (Å²) in [5, 5.41) is 11.9. The maximum atomic E-state index is 12.4. The average Bonchev–Trinajstić information content (AvgIpc) is 2.55. The van der Waals surface area contributed by atoms with Gasteiger partial charge < -0.3 is 15.3 Å². The Bertz CT molecular complexity index is 598. The molecule has 1 atom stereocenters. The highest BCUT2D eigenvalue weighted by atomic mass is 16.4. The number of piperidine rings is 1. The summed E-state index contributed by atoms with van der Waals surface area (Å²) < 4.78 is 0. The number of hydrogen-bond donors (Lipinski definition) is 2. The van der Waals surface area contributed by atoms with E-state index < -0.39 is 5.97 Å². The van der Waals surface area contributed by atoms with Crippen molar-refractivity contribution < 1.29 is 19.5 Å². The van der Waals surface area contributed by atoms with Crippen molar-refractivity contribution in [2.75, 3.05) is 13.1 Å². The highest BCUT2D eigenvalue weighted by Gasteiger charge is 2.24. The Morgan fingerprint density at radius 2 is 1.96 bits per heavy atom. The first-order valence-corrected chi connectivity index (χ1v) is 8.39. The van der Waals surface area contributed by atoms with E-state index in [1.807, 2.05) is 6.92 Å². The number of carbonyl (C=O) groups is 3. The molecule has 1 heterocycles. The van der Waals surface area contributed by atoms with Crippen molar-refractivity contribution >= 4 is 17.8 Å². The highest BCUT2D eigenvalue weighted by Crippen LogP contribution is 2.13. The molecule has 0 aliphatic carbocycles. The average molecular weight is 332 g/mol. The van der Waals surface area contributed by atoms with Crippen molar-refractivity contribution in [2.24, 2.45) is 0 Å². The fourth-order valence-corrected chi connectivity index (χ4v) is 2.90. The molecular formula is C18H24N2O4. The topological polar surface area (TPSA) is 86.7 Å². The summed E-state index contributed by atoms with van der Waals surface area (Å²) in [5.74, 6) is -0.928. The summed E-state index contributed by atoms with van der Waals surface area (Å²) >= 11 is 0. The van der Waals surface area contributed by atoms with E-state index in [-0.39, 0.29) is 29.8 Å². The van der Waals surface area contributed by atoms with E-state index in [9.17, 15) is 14.4 Å². The molecule has 6 nitrogen and oxygen atoms in total. The van der Waals surface area contributed by atoms with Gasteiger partial charge in [-0.25, -0.2) is 4.79 Å². The first-order chi connectivity index (χ1) is 11.5. The predicted molar refractivity (Wildman–Crippen MR) is 89.8 cm³/mol. The Hall–Kier alpha value is -2.37. The van der Waals surface area contributed by atoms with Gasteiger partial charge in [-0.2, -0.15) is 0 Å². The molecule has 2 N–H and O–H groups in total. The van der Waals surface area contributed by atoms with Crippen LogP contribution in [0.1, 0.15) is 48.5 Å². The van der Waals surface area contributed by atoms with Crippen LogP contribution in [0, 0.1) is 0 Å². The predicted octanol–water partition coefficient (Wildman–Crippen LogP) is 1.83. The van der Waals surface area contributed by atoms with Crippen LogP contribution in [0.2, 0.25) is 0 Å². The largest absolute Gasteiger partial charge is 0.478 e. The van der Waals surface area contributed by atoms with E-state index in [1.165, 1.54) is 12.1 Å². The minimum atomic E-state index is -0.977. The first-order valence-electron chi connectivity index (χ1n) is 8.39. The minimum Gasteiger partial charge on any atom is -0.478 e. The van der Waals surface area contributed by atoms with Crippen LogP contribution in [-0.4, -0.2) is 46.9 Å². The van der Waals surface area contributed by atoms with Gasteiger partial charge >= 0.3 is 5.97 Å². The molecule has 6 heteroatoms. The number of aromatic carboxylic acids is 1. The van der Waals surface area contributed by atoms with E-state index in [2.05, 4.69) is 5.32 Å². The fraction of sp³-hybridized carbons (Fsp3) is 0.500. The van der Waals surface area contributed by atoms with Gasteiger partial charge in [0.25, 0.3) is 0 Å². The number of nitrogens with zero attached hydrogens (tertiary/aromatic N) is 1. The molecule has 1 aliphatic rings. The molecule has 1 unspecified atom stereocenters. The van der Waals surface area contributed by atoms with Gasteiger partial charge in [0.05, 0.1) is 12.0 Å². The lowest BCUT2D eigenvalue weighted by molar-refractivity contribution is -0.133. The van der Waals surface area contributed by atoms with Gasteiger partial charge in [0.15, 0.2) is 0 Å². The third-order valence-corrected chi connectivity index (χ3v) is 4.17. The van der Waals surface area contributed by atoms with Crippen molar-refractivity contribution in [1.29, 1.82) is 0 Å². The second-order valence-corrected chi connectivity index (χ2v) is 6.18. The minimum absolute atomic E-state index is 0.00696. The van der Waals surface area contributed by atoms with Crippen LogP contribution in [0.25, 0.3) is 0 Å². The number of hydrogen-bond acceptors (Lipinski definition) is 3. The molecule has 1 saturated heterocycles. The summed E-state index contributed by atoms with van der Waals surface area (Å²) in [5.41, 5.74) is 1.00. The number of carboxylic acids is 1. The molecule has 1 aliphatic heterocycles. The quantitative estimate of drug-likeness (QED) is 0.832. The standard InChI is InChI=1S/C18H24N2O4/c1-2-4-16(21)19-15-5-3-10-20(12-15)17(22)11-13-6-8-14(9-7-13)18(23)24/h6-9,15H,2-5,10-12H2,1H3,(H,19,21)(H,23,24). The maximum absolute atomic E-state index is 12.4. The number of rotatable bonds is 6. The van der Waals surface area contributed by atoms with E-state index in [0.717, 1.165) is 24.8 Å². The molecule has 2 amide bonds. The third kappa shape index (κ3) is 5.08. The van der Waals surface area contributed by atoms with Crippen molar-refractivity contribution in [3.05, 3.63) is 35.4 Å². The number of amides is 2. The number of carboxylic acid groups (broad SMARTS) is 1. The lowest BCUT2D eigenvalue weighted by Crippen LogP contribution is -2.49. The molecule has 0 bridgehead atoms. The summed E-state index contributed by atoms with van der Waals surface area (Å²) in [7, 11) is 0. The number of nitrogens with one attached hydrogen (secondary N) is 1. The van der Waals surface area contributed by atoms with Crippen LogP contribution in [0.4, 0.5) is 0 Å². The van der Waals surface area contributed by atoms with Crippen LogP contribution < -0.4 is 5.32 Å². The Labute approximate surface area is 141 Å². The van der Waals surface area contributed by atoms with Crippen LogP contribution in [-0.2, 0) is 16.0 Å². The van der Waals surface area contributed by atoms with Crippen molar-refractivity contribution in [1.82, 2.24) is 10.2 Å². The van der Waals surface area contributed by atoms with E-state index in [4.69, 9.17) is 5.11 Å². The molecule has 1 aromatic rings. The van der Waals surface area contributed by atoms with Crippen molar-refractivity contribution in [2.45, 2.75) is 45.1 Å². The zero-order valence-corrected chi connectivity index (χ0v) is 14.0. The Morgan fingerprint density at radius 1 is 1.25 bits per heavy atom. The van der Waals surface area contributed by atoms with Gasteiger partial charge in [0, 0.05) is 25.6 Å². The Kier molecular flexibility index (Phi) is 6.35. The second-order valence-electron chi connectivity index (χ2n) is 6.18. The first kappa shape index (κ1) is 18.0. The smallest absolute Gasteiger partial charge is 0.335 e. The van der Waals surface area contributed by atoms with Crippen LogP contribution in [0.5, 0.6) is 0 Å². The molecule has 24 heavy (non-hydrogen) atoms. The zero-order chi connectivity index (χ0) is 17.5. The monoisotopic (exact) mass is 332 g/mol. The van der Waals surface area contributed by atoms with E-state index >= 15 is 0 Å². The summed E-state index contributed by atoms with van der Waals surface area (Å²) in [6, 6.07) is 6.39. The van der Waals surface area contributed by atoms with E-state index in [0.29, 0.717) is 19.5 Å². The summed E-state index contributed by atoms with van der Waals surface area (Å²) in [6.45, 7) is 3.21. The summed E-state index contributed by atoms with van der Waals surface area (Å²) in [4.78, 5) is 36.8. The normalized spacial score (nSPS) is 17.4. The second kappa shape index (κ2) is 8.47. The van der Waals surface area contributed by atoms with Gasteiger partial charge in [0.2, 0.25) is 11.8 Å².